The number of carbonyl (C=O) groups is 1. The van der Waals surface area contributed by atoms with Crippen molar-refractivity contribution in [1.29, 1.82) is 5.26 Å². The summed E-state index contributed by atoms with van der Waals surface area (Å²) >= 11 is 0. The molecule has 2 aromatic carbocycles. The lowest BCUT2D eigenvalue weighted by atomic mass is 10.1. The van der Waals surface area contributed by atoms with Crippen molar-refractivity contribution < 1.29 is 4.79 Å². The van der Waals surface area contributed by atoms with E-state index in [1.807, 2.05) is 49.4 Å². The Morgan fingerprint density at radius 3 is 2.63 bits per heavy atom. The van der Waals surface area contributed by atoms with Gasteiger partial charge in [0.1, 0.15) is 0 Å². The van der Waals surface area contributed by atoms with E-state index in [1.165, 1.54) is 0 Å². The third kappa shape index (κ3) is 2.92. The van der Waals surface area contributed by atoms with E-state index in [4.69, 9.17) is 5.26 Å². The first-order chi connectivity index (χ1) is 9.11. The van der Waals surface area contributed by atoms with Crippen molar-refractivity contribution in [2.45, 2.75) is 6.92 Å². The minimum Gasteiger partial charge on any atom is -0.340 e. The molecule has 0 aliphatic carbocycles. The molecule has 19 heavy (non-hydrogen) atoms. The van der Waals surface area contributed by atoms with Crippen LogP contribution in [0.25, 0.3) is 10.8 Å². The Morgan fingerprint density at radius 1 is 1.26 bits per heavy atom. The summed E-state index contributed by atoms with van der Waals surface area (Å²) in [5, 5.41) is 11.0. The highest BCUT2D eigenvalue weighted by Crippen LogP contribution is 2.16. The molecule has 1 unspecified atom stereocenters. The van der Waals surface area contributed by atoms with Crippen LogP contribution in [0.3, 0.4) is 0 Å². The molecule has 1 amide bonds. The van der Waals surface area contributed by atoms with Crippen LogP contribution in [0, 0.1) is 17.2 Å². The molecule has 0 saturated heterocycles. The van der Waals surface area contributed by atoms with Crippen molar-refractivity contribution in [3.8, 4) is 6.07 Å². The lowest BCUT2D eigenvalue weighted by molar-refractivity contribution is 0.0785. The topological polar surface area (TPSA) is 44.1 Å². The Balaban J connectivity index is 2.24. The van der Waals surface area contributed by atoms with Gasteiger partial charge in [0, 0.05) is 19.2 Å². The van der Waals surface area contributed by atoms with Crippen molar-refractivity contribution in [1.82, 2.24) is 4.90 Å². The van der Waals surface area contributed by atoms with E-state index in [2.05, 4.69) is 6.07 Å². The lowest BCUT2D eigenvalue weighted by Crippen LogP contribution is -2.30. The first kappa shape index (κ1) is 13.1. The maximum absolute atomic E-state index is 12.3. The lowest BCUT2D eigenvalue weighted by Gasteiger charge is -2.18. The fraction of sp³-hybridized carbons (Fsp3) is 0.250. The zero-order chi connectivity index (χ0) is 13.8. The Hall–Kier alpha value is -2.34. The molecular formula is C16H16N2O. The number of fused-ring (bicyclic) bond motifs is 1. The largest absolute Gasteiger partial charge is 0.340 e. The van der Waals surface area contributed by atoms with Crippen LogP contribution in [0.1, 0.15) is 17.3 Å². The summed E-state index contributed by atoms with van der Waals surface area (Å²) in [5.74, 6) is -0.206. The zero-order valence-electron chi connectivity index (χ0n) is 11.1. The van der Waals surface area contributed by atoms with Crippen LogP contribution >= 0.6 is 0 Å². The third-order valence-corrected chi connectivity index (χ3v) is 3.11. The second-order valence-corrected chi connectivity index (χ2v) is 4.78. The minimum atomic E-state index is -0.158. The van der Waals surface area contributed by atoms with Gasteiger partial charge in [-0.2, -0.15) is 5.26 Å². The molecule has 3 heteroatoms. The first-order valence-corrected chi connectivity index (χ1v) is 6.25. The third-order valence-electron chi connectivity index (χ3n) is 3.11. The van der Waals surface area contributed by atoms with Gasteiger partial charge in [0.15, 0.2) is 0 Å². The number of carbonyl (C=O) groups excluding carboxylic acids is 1. The van der Waals surface area contributed by atoms with Crippen molar-refractivity contribution in [2.24, 2.45) is 5.92 Å². The highest BCUT2D eigenvalue weighted by molar-refractivity contribution is 5.98. The van der Waals surface area contributed by atoms with Crippen LogP contribution in [0.15, 0.2) is 42.5 Å². The van der Waals surface area contributed by atoms with E-state index in [9.17, 15) is 4.79 Å². The summed E-state index contributed by atoms with van der Waals surface area (Å²) in [5.41, 5.74) is 0.659. The van der Waals surface area contributed by atoms with E-state index in [-0.39, 0.29) is 11.8 Å². The summed E-state index contributed by atoms with van der Waals surface area (Å²) in [7, 11) is 1.73. The van der Waals surface area contributed by atoms with E-state index in [1.54, 1.807) is 11.9 Å². The molecule has 0 fully saturated rings. The molecule has 0 bridgehead atoms. The maximum Gasteiger partial charge on any atom is 0.253 e. The van der Waals surface area contributed by atoms with Gasteiger partial charge >= 0.3 is 0 Å². The normalized spacial score (nSPS) is 11.8. The van der Waals surface area contributed by atoms with Crippen LogP contribution in [-0.4, -0.2) is 24.4 Å². The number of nitriles is 1. The second-order valence-electron chi connectivity index (χ2n) is 4.78. The van der Waals surface area contributed by atoms with E-state index < -0.39 is 0 Å². The molecule has 1 atom stereocenters. The molecule has 0 aliphatic heterocycles. The van der Waals surface area contributed by atoms with E-state index in [0.717, 1.165) is 10.8 Å². The van der Waals surface area contributed by atoms with Crippen LogP contribution < -0.4 is 0 Å². The van der Waals surface area contributed by atoms with Crippen molar-refractivity contribution in [3.63, 3.8) is 0 Å². The molecule has 0 aliphatic rings. The molecule has 2 rings (SSSR count). The van der Waals surface area contributed by atoms with Gasteiger partial charge in [-0.05, 0) is 29.8 Å². The SMILES string of the molecule is CC(C#N)CN(C)C(=O)c1ccc2ccccc2c1. The maximum atomic E-state index is 12.3. The number of benzene rings is 2. The Kier molecular flexibility index (Phi) is 3.82. The predicted octanol–water partition coefficient (Wildman–Crippen LogP) is 3.07. The van der Waals surface area contributed by atoms with Gasteiger partial charge in [-0.15, -0.1) is 0 Å². The van der Waals surface area contributed by atoms with Crippen LogP contribution in [0.5, 0.6) is 0 Å². The van der Waals surface area contributed by atoms with Gasteiger partial charge in [-0.25, -0.2) is 0 Å². The number of amides is 1. The standard InChI is InChI=1S/C16H16N2O/c1-12(10-17)11-18(2)16(19)15-8-7-13-5-3-4-6-14(13)9-15/h3-9,12H,11H2,1-2H3. The monoisotopic (exact) mass is 252 g/mol. The average Bonchev–Trinajstić information content (AvgIpc) is 2.45. The van der Waals surface area contributed by atoms with Crippen molar-refractivity contribution in [2.75, 3.05) is 13.6 Å². The first-order valence-electron chi connectivity index (χ1n) is 6.25. The van der Waals surface area contributed by atoms with Gasteiger partial charge in [0.2, 0.25) is 0 Å². The van der Waals surface area contributed by atoms with Crippen LogP contribution in [0.4, 0.5) is 0 Å². The Labute approximate surface area is 113 Å². The number of hydrogen-bond donors (Lipinski definition) is 0. The average molecular weight is 252 g/mol. The Morgan fingerprint density at radius 2 is 1.95 bits per heavy atom. The fourth-order valence-electron chi connectivity index (χ4n) is 2.08. The van der Waals surface area contributed by atoms with Crippen molar-refractivity contribution in [3.05, 3.63) is 48.0 Å². The van der Waals surface area contributed by atoms with Gasteiger partial charge in [-0.1, -0.05) is 30.3 Å². The van der Waals surface area contributed by atoms with Gasteiger partial charge in [0.05, 0.1) is 12.0 Å². The van der Waals surface area contributed by atoms with Gasteiger partial charge in [0.25, 0.3) is 5.91 Å². The summed E-state index contributed by atoms with van der Waals surface area (Å²) in [6.07, 6.45) is 0. The van der Waals surface area contributed by atoms with Crippen molar-refractivity contribution >= 4 is 16.7 Å². The minimum absolute atomic E-state index is 0.0483. The van der Waals surface area contributed by atoms with E-state index >= 15 is 0 Å². The molecule has 0 aromatic heterocycles. The molecule has 0 radical (unpaired) electrons. The molecule has 3 nitrogen and oxygen atoms in total. The Bertz CT molecular complexity index is 642. The van der Waals surface area contributed by atoms with Crippen LogP contribution in [-0.2, 0) is 0 Å². The molecule has 2 aromatic rings. The van der Waals surface area contributed by atoms with E-state index in [0.29, 0.717) is 12.1 Å². The number of hydrogen-bond acceptors (Lipinski definition) is 2. The fourth-order valence-corrected chi connectivity index (χ4v) is 2.08. The summed E-state index contributed by atoms with van der Waals surface area (Å²) in [6.45, 7) is 2.26. The number of nitrogens with zero attached hydrogens (tertiary/aromatic N) is 2. The summed E-state index contributed by atoms with van der Waals surface area (Å²) in [6, 6.07) is 15.8. The highest BCUT2D eigenvalue weighted by Gasteiger charge is 2.14. The molecule has 0 N–H and O–H groups in total. The van der Waals surface area contributed by atoms with Gasteiger partial charge < -0.3 is 4.90 Å². The number of rotatable bonds is 3. The quantitative estimate of drug-likeness (QED) is 0.842. The molecule has 0 saturated carbocycles. The highest BCUT2D eigenvalue weighted by atomic mass is 16.2. The zero-order valence-corrected chi connectivity index (χ0v) is 11.1. The second kappa shape index (κ2) is 5.53. The molecule has 0 spiro atoms. The predicted molar refractivity (Wildman–Crippen MR) is 75.7 cm³/mol. The van der Waals surface area contributed by atoms with Crippen LogP contribution in [0.2, 0.25) is 0 Å². The molecule has 96 valence electrons. The molecular weight excluding hydrogens is 236 g/mol. The smallest absolute Gasteiger partial charge is 0.253 e. The summed E-state index contributed by atoms with van der Waals surface area (Å²) in [4.78, 5) is 13.9. The molecule has 0 heterocycles. The van der Waals surface area contributed by atoms with Gasteiger partial charge in [-0.3, -0.25) is 4.79 Å². The summed E-state index contributed by atoms with van der Waals surface area (Å²) < 4.78 is 0.